The number of rotatable bonds is 6. The summed E-state index contributed by atoms with van der Waals surface area (Å²) in [6.45, 7) is 6.72. The molecular formula is C16H23ClN4. The zero-order valence-electron chi connectivity index (χ0n) is 12.9. The van der Waals surface area contributed by atoms with Crippen LogP contribution in [0.1, 0.15) is 30.8 Å². The summed E-state index contributed by atoms with van der Waals surface area (Å²) in [7, 11) is 1.95. The Morgan fingerprint density at radius 3 is 2.52 bits per heavy atom. The molecule has 1 aromatic heterocycles. The van der Waals surface area contributed by atoms with Gasteiger partial charge >= 0.3 is 0 Å². The molecule has 0 spiro atoms. The standard InChI is InChI=1S/C16H23ClN4/c1-4-14-16(17)15(20(3)19-14)11-21(5-2)10-12-8-6-7-9-13(12)18/h6-9H,4-5,10-11,18H2,1-3H3. The molecule has 2 aromatic rings. The van der Waals surface area contributed by atoms with Crippen LogP contribution in [0.25, 0.3) is 0 Å². The van der Waals surface area contributed by atoms with Crippen molar-refractivity contribution in [1.82, 2.24) is 14.7 Å². The summed E-state index contributed by atoms with van der Waals surface area (Å²) >= 11 is 6.43. The number of para-hydroxylation sites is 1. The fourth-order valence-electron chi connectivity index (χ4n) is 2.40. The molecule has 1 heterocycles. The van der Waals surface area contributed by atoms with Crippen molar-refractivity contribution in [2.45, 2.75) is 33.4 Å². The minimum Gasteiger partial charge on any atom is -0.398 e. The molecule has 2 rings (SSSR count). The molecule has 0 aliphatic heterocycles. The predicted molar refractivity (Wildman–Crippen MR) is 88.2 cm³/mol. The Bertz CT molecular complexity index is 606. The average Bonchev–Trinajstić information content (AvgIpc) is 2.75. The van der Waals surface area contributed by atoms with Gasteiger partial charge < -0.3 is 5.73 Å². The Kier molecular flexibility index (Phi) is 5.26. The minimum atomic E-state index is 0.771. The molecule has 0 bridgehead atoms. The lowest BCUT2D eigenvalue weighted by molar-refractivity contribution is 0.264. The molecule has 0 radical (unpaired) electrons. The third kappa shape index (κ3) is 3.57. The molecule has 1 aromatic carbocycles. The molecule has 0 unspecified atom stereocenters. The van der Waals surface area contributed by atoms with Gasteiger partial charge in [0, 0.05) is 25.8 Å². The van der Waals surface area contributed by atoms with Gasteiger partial charge in [-0.05, 0) is 24.6 Å². The maximum atomic E-state index is 6.43. The molecule has 114 valence electrons. The second kappa shape index (κ2) is 6.96. The normalized spacial score (nSPS) is 11.3. The Morgan fingerprint density at radius 1 is 1.24 bits per heavy atom. The molecule has 0 saturated heterocycles. The number of nitrogen functional groups attached to an aromatic ring is 1. The van der Waals surface area contributed by atoms with Crippen LogP contribution in [0.4, 0.5) is 5.69 Å². The second-order valence-electron chi connectivity index (χ2n) is 5.19. The van der Waals surface area contributed by atoms with E-state index < -0.39 is 0 Å². The molecule has 5 heteroatoms. The first-order chi connectivity index (χ1) is 10.1. The van der Waals surface area contributed by atoms with Crippen molar-refractivity contribution in [3.63, 3.8) is 0 Å². The van der Waals surface area contributed by atoms with E-state index in [1.165, 1.54) is 0 Å². The summed E-state index contributed by atoms with van der Waals surface area (Å²) in [5.74, 6) is 0. The van der Waals surface area contributed by atoms with Gasteiger partial charge in [-0.1, -0.05) is 43.6 Å². The van der Waals surface area contributed by atoms with Crippen molar-refractivity contribution in [1.29, 1.82) is 0 Å². The van der Waals surface area contributed by atoms with Gasteiger partial charge in [0.1, 0.15) is 0 Å². The van der Waals surface area contributed by atoms with Crippen LogP contribution in [0, 0.1) is 0 Å². The van der Waals surface area contributed by atoms with E-state index in [0.717, 1.165) is 53.7 Å². The maximum Gasteiger partial charge on any atom is 0.0863 e. The number of aromatic nitrogens is 2. The highest BCUT2D eigenvalue weighted by molar-refractivity contribution is 6.31. The van der Waals surface area contributed by atoms with Crippen molar-refractivity contribution in [3.8, 4) is 0 Å². The van der Waals surface area contributed by atoms with Crippen molar-refractivity contribution >= 4 is 17.3 Å². The summed E-state index contributed by atoms with van der Waals surface area (Å²) in [5, 5.41) is 5.27. The Hall–Kier alpha value is -1.52. The SMILES string of the molecule is CCc1nn(C)c(CN(CC)Cc2ccccc2N)c1Cl. The number of hydrogen-bond donors (Lipinski definition) is 1. The largest absolute Gasteiger partial charge is 0.398 e. The zero-order chi connectivity index (χ0) is 15.4. The lowest BCUT2D eigenvalue weighted by Crippen LogP contribution is -2.24. The van der Waals surface area contributed by atoms with E-state index in [1.807, 2.05) is 29.9 Å². The number of nitrogens with zero attached hydrogens (tertiary/aromatic N) is 3. The molecule has 0 fully saturated rings. The Balaban J connectivity index is 2.16. The van der Waals surface area contributed by atoms with Gasteiger partial charge in [0.2, 0.25) is 0 Å². The second-order valence-corrected chi connectivity index (χ2v) is 5.56. The van der Waals surface area contributed by atoms with Gasteiger partial charge in [-0.3, -0.25) is 9.58 Å². The predicted octanol–water partition coefficient (Wildman–Crippen LogP) is 3.24. The van der Waals surface area contributed by atoms with E-state index in [4.69, 9.17) is 17.3 Å². The highest BCUT2D eigenvalue weighted by Crippen LogP contribution is 2.23. The van der Waals surface area contributed by atoms with Crippen molar-refractivity contribution < 1.29 is 0 Å². The Labute approximate surface area is 131 Å². The van der Waals surface area contributed by atoms with Crippen LogP contribution in [0.2, 0.25) is 5.02 Å². The summed E-state index contributed by atoms with van der Waals surface area (Å²) in [4.78, 5) is 2.31. The van der Waals surface area contributed by atoms with Crippen LogP contribution in [-0.2, 0) is 26.6 Å². The molecule has 2 N–H and O–H groups in total. The highest BCUT2D eigenvalue weighted by Gasteiger charge is 2.16. The van der Waals surface area contributed by atoms with E-state index in [0.29, 0.717) is 0 Å². The van der Waals surface area contributed by atoms with E-state index >= 15 is 0 Å². The first kappa shape index (κ1) is 15.9. The van der Waals surface area contributed by atoms with Gasteiger partial charge in [-0.15, -0.1) is 0 Å². The lowest BCUT2D eigenvalue weighted by Gasteiger charge is -2.21. The summed E-state index contributed by atoms with van der Waals surface area (Å²) in [5.41, 5.74) is 10.0. The number of hydrogen-bond acceptors (Lipinski definition) is 3. The van der Waals surface area contributed by atoms with E-state index in [-0.39, 0.29) is 0 Å². The summed E-state index contributed by atoms with van der Waals surface area (Å²) < 4.78 is 1.89. The quantitative estimate of drug-likeness (QED) is 0.833. The summed E-state index contributed by atoms with van der Waals surface area (Å²) in [6.07, 6.45) is 0.852. The van der Waals surface area contributed by atoms with Crippen molar-refractivity contribution in [3.05, 3.63) is 46.2 Å². The van der Waals surface area contributed by atoms with Gasteiger partial charge in [0.05, 0.1) is 16.4 Å². The molecule has 21 heavy (non-hydrogen) atoms. The van der Waals surface area contributed by atoms with E-state index in [1.54, 1.807) is 0 Å². The lowest BCUT2D eigenvalue weighted by atomic mass is 10.1. The number of nitrogens with two attached hydrogens (primary N) is 1. The first-order valence-electron chi connectivity index (χ1n) is 7.32. The Morgan fingerprint density at radius 2 is 1.95 bits per heavy atom. The molecule has 4 nitrogen and oxygen atoms in total. The molecular weight excluding hydrogens is 284 g/mol. The van der Waals surface area contributed by atoms with Crippen molar-refractivity contribution in [2.75, 3.05) is 12.3 Å². The zero-order valence-corrected chi connectivity index (χ0v) is 13.7. The third-order valence-corrected chi connectivity index (χ3v) is 4.21. The van der Waals surface area contributed by atoms with Gasteiger partial charge in [0.15, 0.2) is 0 Å². The van der Waals surface area contributed by atoms with Crippen LogP contribution < -0.4 is 5.73 Å². The monoisotopic (exact) mass is 306 g/mol. The first-order valence-corrected chi connectivity index (χ1v) is 7.70. The van der Waals surface area contributed by atoms with E-state index in [9.17, 15) is 0 Å². The van der Waals surface area contributed by atoms with Crippen molar-refractivity contribution in [2.24, 2.45) is 7.05 Å². The topological polar surface area (TPSA) is 47.1 Å². The van der Waals surface area contributed by atoms with Gasteiger partial charge in [-0.25, -0.2) is 0 Å². The number of anilines is 1. The molecule has 0 atom stereocenters. The molecule has 0 aliphatic carbocycles. The molecule has 0 saturated carbocycles. The van der Waals surface area contributed by atoms with Crippen LogP contribution in [0.3, 0.4) is 0 Å². The van der Waals surface area contributed by atoms with Crippen LogP contribution >= 0.6 is 11.6 Å². The number of halogens is 1. The average molecular weight is 307 g/mol. The number of benzene rings is 1. The van der Waals surface area contributed by atoms with Gasteiger partial charge in [0.25, 0.3) is 0 Å². The smallest absolute Gasteiger partial charge is 0.0863 e. The fourth-order valence-corrected chi connectivity index (χ4v) is 2.76. The summed E-state index contributed by atoms with van der Waals surface area (Å²) in [6, 6.07) is 7.99. The van der Waals surface area contributed by atoms with E-state index in [2.05, 4.69) is 29.9 Å². The minimum absolute atomic E-state index is 0.771. The van der Waals surface area contributed by atoms with Gasteiger partial charge in [-0.2, -0.15) is 5.10 Å². The fraction of sp³-hybridized carbons (Fsp3) is 0.438. The highest BCUT2D eigenvalue weighted by atomic mass is 35.5. The maximum absolute atomic E-state index is 6.43. The molecule has 0 amide bonds. The van der Waals surface area contributed by atoms with Crippen LogP contribution in [0.5, 0.6) is 0 Å². The number of aryl methyl sites for hydroxylation is 2. The van der Waals surface area contributed by atoms with Crippen LogP contribution in [-0.4, -0.2) is 21.2 Å². The molecule has 0 aliphatic rings. The van der Waals surface area contributed by atoms with Crippen LogP contribution in [0.15, 0.2) is 24.3 Å². The third-order valence-electron chi connectivity index (χ3n) is 3.77.